The first-order chi connectivity index (χ1) is 13.1. The molecule has 1 N–H and O–H groups in total. The van der Waals surface area contributed by atoms with Crippen molar-refractivity contribution in [2.75, 3.05) is 18.1 Å². The number of hydrogen-bond acceptors (Lipinski definition) is 3. The van der Waals surface area contributed by atoms with Crippen molar-refractivity contribution in [3.8, 4) is 5.75 Å². The van der Waals surface area contributed by atoms with E-state index in [0.717, 1.165) is 29.8 Å². The Hall–Kier alpha value is -2.82. The lowest BCUT2D eigenvalue weighted by Gasteiger charge is -2.14. The van der Waals surface area contributed by atoms with Gasteiger partial charge in [-0.05, 0) is 61.2 Å². The quantitative estimate of drug-likeness (QED) is 0.886. The van der Waals surface area contributed by atoms with Crippen molar-refractivity contribution >= 4 is 17.5 Å². The molecule has 1 aliphatic carbocycles. The Balaban J connectivity index is 1.41. The van der Waals surface area contributed by atoms with E-state index in [1.54, 1.807) is 11.8 Å². The van der Waals surface area contributed by atoms with Crippen LogP contribution >= 0.6 is 0 Å². The van der Waals surface area contributed by atoms with Gasteiger partial charge in [-0.3, -0.25) is 9.59 Å². The number of benzene rings is 2. The lowest BCUT2D eigenvalue weighted by Crippen LogP contribution is -2.27. The molecule has 0 aromatic heterocycles. The Bertz CT molecular complexity index is 893. The molecule has 5 nitrogen and oxygen atoms in total. The molecule has 27 heavy (non-hydrogen) atoms. The van der Waals surface area contributed by atoms with Crippen LogP contribution < -0.4 is 15.0 Å². The highest BCUT2D eigenvalue weighted by atomic mass is 16.5. The van der Waals surface area contributed by atoms with E-state index in [1.807, 2.05) is 37.3 Å². The molecule has 1 fully saturated rings. The lowest BCUT2D eigenvalue weighted by atomic mass is 10.1. The summed E-state index contributed by atoms with van der Waals surface area (Å²) in [7, 11) is 0. The molecule has 0 bridgehead atoms. The van der Waals surface area contributed by atoms with Gasteiger partial charge in [0.05, 0.1) is 6.61 Å². The molecule has 2 aliphatic rings. The Kier molecular flexibility index (Phi) is 4.60. The van der Waals surface area contributed by atoms with E-state index in [0.29, 0.717) is 24.6 Å². The Morgan fingerprint density at radius 1 is 1.22 bits per heavy atom. The largest absolute Gasteiger partial charge is 0.494 e. The maximum atomic E-state index is 12.6. The number of ether oxygens (including phenoxy) is 1. The molecule has 0 radical (unpaired) electrons. The molecule has 1 saturated carbocycles. The second-order valence-corrected chi connectivity index (χ2v) is 7.19. The fraction of sp³-hybridized carbons (Fsp3) is 0.364. The van der Waals surface area contributed by atoms with E-state index in [1.165, 1.54) is 5.56 Å². The number of anilines is 1. The van der Waals surface area contributed by atoms with E-state index in [2.05, 4.69) is 17.4 Å². The van der Waals surface area contributed by atoms with Crippen LogP contribution in [0.5, 0.6) is 5.75 Å². The third-order valence-electron chi connectivity index (χ3n) is 5.32. The molecular formula is C22H24N2O3. The highest BCUT2D eigenvalue weighted by molar-refractivity contribution is 5.98. The lowest BCUT2D eigenvalue weighted by molar-refractivity contribution is -0.116. The smallest absolute Gasteiger partial charge is 0.251 e. The summed E-state index contributed by atoms with van der Waals surface area (Å²) in [6.07, 6.45) is 1.75. The maximum absolute atomic E-state index is 12.6. The molecule has 1 heterocycles. The third-order valence-corrected chi connectivity index (χ3v) is 5.32. The van der Waals surface area contributed by atoms with Gasteiger partial charge in [0, 0.05) is 36.7 Å². The monoisotopic (exact) mass is 364 g/mol. The van der Waals surface area contributed by atoms with Crippen molar-refractivity contribution in [3.05, 3.63) is 59.2 Å². The minimum atomic E-state index is -0.0486. The number of nitrogens with one attached hydrogen (secondary N) is 1. The van der Waals surface area contributed by atoms with Crippen LogP contribution in [0.25, 0.3) is 0 Å². The average molecular weight is 364 g/mol. The third kappa shape index (κ3) is 3.54. The molecule has 2 aromatic carbocycles. The topological polar surface area (TPSA) is 58.6 Å². The summed E-state index contributed by atoms with van der Waals surface area (Å²) in [6, 6.07) is 13.9. The number of carbonyl (C=O) groups is 2. The van der Waals surface area contributed by atoms with Gasteiger partial charge >= 0.3 is 0 Å². The molecule has 0 spiro atoms. The number of carbonyl (C=O) groups excluding carboxylic acids is 2. The highest BCUT2D eigenvalue weighted by Gasteiger charge is 2.39. The van der Waals surface area contributed by atoms with Gasteiger partial charge in [-0.15, -0.1) is 0 Å². The van der Waals surface area contributed by atoms with Crippen LogP contribution in [-0.4, -0.2) is 31.0 Å². The van der Waals surface area contributed by atoms with Gasteiger partial charge in [-0.1, -0.05) is 12.1 Å². The van der Waals surface area contributed by atoms with Crippen LogP contribution in [0, 0.1) is 0 Å². The Labute approximate surface area is 159 Å². The van der Waals surface area contributed by atoms with Gasteiger partial charge in [0.1, 0.15) is 5.75 Å². The summed E-state index contributed by atoms with van der Waals surface area (Å²) in [5, 5.41) is 3.14. The zero-order valence-electron chi connectivity index (χ0n) is 15.7. The summed E-state index contributed by atoms with van der Waals surface area (Å²) < 4.78 is 5.56. The zero-order valence-corrected chi connectivity index (χ0v) is 15.7. The SMILES string of the molecule is CCOc1cccc([C@@H]2C[C@H]2NC(=O)c2ccc3c(c2)CCN3C(C)=O)c1. The summed E-state index contributed by atoms with van der Waals surface area (Å²) in [5.41, 5.74) is 3.86. The number of amides is 2. The van der Waals surface area contributed by atoms with Gasteiger partial charge in [0.15, 0.2) is 0 Å². The molecule has 0 saturated heterocycles. The van der Waals surface area contributed by atoms with Crippen LogP contribution in [0.1, 0.15) is 47.7 Å². The van der Waals surface area contributed by atoms with Crippen molar-refractivity contribution in [3.63, 3.8) is 0 Å². The highest BCUT2D eigenvalue weighted by Crippen LogP contribution is 2.42. The van der Waals surface area contributed by atoms with E-state index in [4.69, 9.17) is 4.74 Å². The van der Waals surface area contributed by atoms with E-state index >= 15 is 0 Å². The first-order valence-electron chi connectivity index (χ1n) is 9.51. The Morgan fingerprint density at radius 3 is 2.85 bits per heavy atom. The minimum Gasteiger partial charge on any atom is -0.494 e. The van der Waals surface area contributed by atoms with Gasteiger partial charge in [-0.2, -0.15) is 0 Å². The summed E-state index contributed by atoms with van der Waals surface area (Å²) >= 11 is 0. The van der Waals surface area contributed by atoms with Crippen molar-refractivity contribution in [2.24, 2.45) is 0 Å². The van der Waals surface area contributed by atoms with Crippen LogP contribution in [0.4, 0.5) is 5.69 Å². The molecule has 140 valence electrons. The molecule has 0 unspecified atom stereocenters. The van der Waals surface area contributed by atoms with E-state index in [-0.39, 0.29) is 17.9 Å². The van der Waals surface area contributed by atoms with Crippen LogP contribution in [0.15, 0.2) is 42.5 Å². The molecule has 4 rings (SSSR count). The van der Waals surface area contributed by atoms with Crippen molar-refractivity contribution in [2.45, 2.75) is 38.6 Å². The second-order valence-electron chi connectivity index (χ2n) is 7.19. The van der Waals surface area contributed by atoms with Gasteiger partial charge in [0.2, 0.25) is 5.91 Å². The molecule has 5 heteroatoms. The van der Waals surface area contributed by atoms with Crippen LogP contribution in [0.2, 0.25) is 0 Å². The minimum absolute atomic E-state index is 0.0426. The van der Waals surface area contributed by atoms with Gasteiger partial charge in [-0.25, -0.2) is 0 Å². The average Bonchev–Trinajstić information content (AvgIpc) is 3.28. The molecule has 1 aliphatic heterocycles. The van der Waals surface area contributed by atoms with Gasteiger partial charge < -0.3 is 15.0 Å². The normalized spacial score (nSPS) is 20.1. The number of hydrogen-bond donors (Lipinski definition) is 1. The number of nitrogens with zero attached hydrogens (tertiary/aromatic N) is 1. The first kappa shape index (κ1) is 17.6. The molecule has 2 atom stereocenters. The van der Waals surface area contributed by atoms with Crippen molar-refractivity contribution < 1.29 is 14.3 Å². The van der Waals surface area contributed by atoms with Gasteiger partial charge in [0.25, 0.3) is 5.91 Å². The van der Waals surface area contributed by atoms with Crippen molar-refractivity contribution in [1.29, 1.82) is 0 Å². The molecular weight excluding hydrogens is 340 g/mol. The van der Waals surface area contributed by atoms with Crippen LogP contribution in [-0.2, 0) is 11.2 Å². The predicted octanol–water partition coefficient (Wildman–Crippen LogP) is 3.28. The first-order valence-corrected chi connectivity index (χ1v) is 9.51. The standard InChI is InChI=1S/C22H24N2O3/c1-3-27-18-6-4-5-15(12-18)19-13-20(19)23-22(26)17-7-8-21-16(11-17)9-10-24(21)14(2)25/h4-8,11-12,19-20H,3,9-10,13H2,1-2H3,(H,23,26)/t19-,20+/m0/s1. The van der Waals surface area contributed by atoms with E-state index < -0.39 is 0 Å². The maximum Gasteiger partial charge on any atom is 0.251 e. The summed E-state index contributed by atoms with van der Waals surface area (Å²) in [6.45, 7) is 4.88. The molecule has 2 amide bonds. The summed E-state index contributed by atoms with van der Waals surface area (Å²) in [5.74, 6) is 1.21. The second kappa shape index (κ2) is 7.06. The van der Waals surface area contributed by atoms with Crippen molar-refractivity contribution in [1.82, 2.24) is 5.32 Å². The zero-order chi connectivity index (χ0) is 19.0. The summed E-state index contributed by atoms with van der Waals surface area (Å²) in [4.78, 5) is 26.1. The predicted molar refractivity (Wildman–Crippen MR) is 104 cm³/mol. The number of rotatable bonds is 5. The fourth-order valence-corrected chi connectivity index (χ4v) is 3.85. The fourth-order valence-electron chi connectivity index (χ4n) is 3.85. The molecule has 2 aromatic rings. The van der Waals surface area contributed by atoms with E-state index in [9.17, 15) is 9.59 Å². The number of fused-ring (bicyclic) bond motifs is 1. The Morgan fingerprint density at radius 2 is 2.07 bits per heavy atom. The van der Waals surface area contributed by atoms with Crippen LogP contribution in [0.3, 0.4) is 0 Å².